The van der Waals surface area contributed by atoms with Gasteiger partial charge in [0, 0.05) is 10.9 Å². The molecule has 1 aromatic carbocycles. The normalized spacial score (nSPS) is 24.4. The van der Waals surface area contributed by atoms with Crippen LogP contribution in [-0.2, 0) is 9.53 Å². The molecule has 2 N–H and O–H groups in total. The van der Waals surface area contributed by atoms with Gasteiger partial charge in [0.25, 0.3) is 0 Å². The van der Waals surface area contributed by atoms with Gasteiger partial charge < -0.3 is 4.74 Å². The first-order valence-corrected chi connectivity index (χ1v) is 8.33. The summed E-state index contributed by atoms with van der Waals surface area (Å²) in [5.74, 6) is -0.370. The number of esters is 1. The summed E-state index contributed by atoms with van der Waals surface area (Å²) in [5.41, 5.74) is 7.91. The average molecular weight is 373 g/mol. The highest BCUT2D eigenvalue weighted by atomic mass is 79.9. The Morgan fingerprint density at radius 3 is 2.61 bits per heavy atom. The SMILES string of the molecule is CC1=C(C#N)C(N)(OC(=O)C2CC2)CC(Br)=C1c1ccccc1. The first-order chi connectivity index (χ1) is 11.0. The number of rotatable bonds is 3. The van der Waals surface area contributed by atoms with Crippen molar-refractivity contribution in [1.29, 1.82) is 5.26 Å². The molecule has 1 atom stereocenters. The van der Waals surface area contributed by atoms with Crippen LogP contribution in [0.3, 0.4) is 0 Å². The highest BCUT2D eigenvalue weighted by molar-refractivity contribution is 9.11. The van der Waals surface area contributed by atoms with Gasteiger partial charge in [-0.05, 0) is 36.5 Å². The molecule has 5 heteroatoms. The molecule has 1 saturated carbocycles. The number of nitrogens with zero attached hydrogens (tertiary/aromatic N) is 1. The van der Waals surface area contributed by atoms with Crippen molar-refractivity contribution >= 4 is 27.5 Å². The molecule has 23 heavy (non-hydrogen) atoms. The molecule has 4 nitrogen and oxygen atoms in total. The van der Waals surface area contributed by atoms with E-state index in [0.29, 0.717) is 5.57 Å². The molecule has 0 amide bonds. The van der Waals surface area contributed by atoms with Crippen molar-refractivity contribution < 1.29 is 9.53 Å². The van der Waals surface area contributed by atoms with Crippen LogP contribution >= 0.6 is 15.9 Å². The Morgan fingerprint density at radius 2 is 2.04 bits per heavy atom. The maximum atomic E-state index is 12.0. The monoisotopic (exact) mass is 372 g/mol. The average Bonchev–Trinajstić information content (AvgIpc) is 3.32. The van der Waals surface area contributed by atoms with Gasteiger partial charge >= 0.3 is 5.97 Å². The maximum absolute atomic E-state index is 12.0. The molecule has 0 aliphatic heterocycles. The molecule has 2 aliphatic rings. The van der Waals surface area contributed by atoms with E-state index < -0.39 is 5.72 Å². The fourth-order valence-electron chi connectivity index (χ4n) is 2.88. The predicted molar refractivity (Wildman–Crippen MR) is 91.0 cm³/mol. The lowest BCUT2D eigenvalue weighted by Gasteiger charge is -2.34. The number of hydrogen-bond donors (Lipinski definition) is 1. The molecular weight excluding hydrogens is 356 g/mol. The zero-order valence-electron chi connectivity index (χ0n) is 12.8. The maximum Gasteiger partial charge on any atom is 0.310 e. The lowest BCUT2D eigenvalue weighted by molar-refractivity contribution is -0.157. The van der Waals surface area contributed by atoms with Gasteiger partial charge in [-0.3, -0.25) is 10.5 Å². The first-order valence-electron chi connectivity index (χ1n) is 7.54. The van der Waals surface area contributed by atoms with E-state index in [0.717, 1.165) is 34.0 Å². The number of carbonyl (C=O) groups is 1. The summed E-state index contributed by atoms with van der Waals surface area (Å²) in [6, 6.07) is 11.9. The van der Waals surface area contributed by atoms with Crippen LogP contribution in [0.5, 0.6) is 0 Å². The number of nitrogens with two attached hydrogens (primary N) is 1. The number of nitriles is 1. The van der Waals surface area contributed by atoms with Crippen molar-refractivity contribution in [2.75, 3.05) is 0 Å². The van der Waals surface area contributed by atoms with Crippen LogP contribution < -0.4 is 5.73 Å². The number of carbonyl (C=O) groups excluding carboxylic acids is 1. The van der Waals surface area contributed by atoms with E-state index in [4.69, 9.17) is 10.5 Å². The van der Waals surface area contributed by atoms with E-state index in [1.807, 2.05) is 37.3 Å². The minimum Gasteiger partial charge on any atom is -0.438 e. The molecule has 3 rings (SSSR count). The van der Waals surface area contributed by atoms with Gasteiger partial charge in [-0.2, -0.15) is 5.26 Å². The van der Waals surface area contributed by atoms with Crippen molar-refractivity contribution in [1.82, 2.24) is 0 Å². The minimum atomic E-state index is -1.39. The van der Waals surface area contributed by atoms with Gasteiger partial charge in [0.15, 0.2) is 0 Å². The molecule has 0 heterocycles. The van der Waals surface area contributed by atoms with Crippen molar-refractivity contribution in [3.8, 4) is 6.07 Å². The van der Waals surface area contributed by atoms with Crippen LogP contribution in [0.4, 0.5) is 0 Å². The third-order valence-corrected chi connectivity index (χ3v) is 4.91. The molecule has 0 spiro atoms. The Kier molecular flexibility index (Phi) is 4.13. The second-order valence-corrected chi connectivity index (χ2v) is 6.98. The van der Waals surface area contributed by atoms with Crippen molar-refractivity contribution in [2.24, 2.45) is 11.7 Å². The van der Waals surface area contributed by atoms with E-state index in [1.165, 1.54) is 0 Å². The highest BCUT2D eigenvalue weighted by Gasteiger charge is 2.44. The van der Waals surface area contributed by atoms with Crippen molar-refractivity contribution in [2.45, 2.75) is 31.9 Å². The third kappa shape index (κ3) is 2.97. The van der Waals surface area contributed by atoms with Gasteiger partial charge in [-0.1, -0.05) is 46.3 Å². The van der Waals surface area contributed by atoms with E-state index >= 15 is 0 Å². The lowest BCUT2D eigenvalue weighted by Crippen LogP contribution is -2.48. The molecule has 118 valence electrons. The van der Waals surface area contributed by atoms with Crippen LogP contribution in [-0.4, -0.2) is 11.7 Å². The van der Waals surface area contributed by atoms with Crippen LogP contribution in [0.15, 0.2) is 46.0 Å². The molecule has 1 unspecified atom stereocenters. The molecule has 1 fully saturated rings. The fraction of sp³-hybridized carbons (Fsp3) is 0.333. The number of halogens is 1. The predicted octanol–water partition coefficient (Wildman–Crippen LogP) is 3.64. The summed E-state index contributed by atoms with van der Waals surface area (Å²) in [5, 5.41) is 9.60. The zero-order chi connectivity index (χ0) is 16.6. The van der Waals surface area contributed by atoms with Crippen molar-refractivity contribution in [3.63, 3.8) is 0 Å². The summed E-state index contributed by atoms with van der Waals surface area (Å²) < 4.78 is 6.36. The molecule has 2 aliphatic carbocycles. The van der Waals surface area contributed by atoms with Gasteiger partial charge in [0.1, 0.15) is 6.07 Å². The topological polar surface area (TPSA) is 76.1 Å². The van der Waals surface area contributed by atoms with Gasteiger partial charge in [-0.15, -0.1) is 0 Å². The van der Waals surface area contributed by atoms with Crippen molar-refractivity contribution in [3.05, 3.63) is 51.5 Å². The largest absolute Gasteiger partial charge is 0.438 e. The highest BCUT2D eigenvalue weighted by Crippen LogP contribution is 2.44. The van der Waals surface area contributed by atoms with Gasteiger partial charge in [0.2, 0.25) is 5.72 Å². The molecule has 0 saturated heterocycles. The number of allylic oxidation sites excluding steroid dienone is 2. The summed E-state index contributed by atoms with van der Waals surface area (Å²) in [4.78, 5) is 12.0. The molecule has 0 aromatic heterocycles. The summed E-state index contributed by atoms with van der Waals surface area (Å²) in [6.07, 6.45) is 1.94. The lowest BCUT2D eigenvalue weighted by atomic mass is 9.83. The molecule has 0 radical (unpaired) electrons. The number of benzene rings is 1. The Bertz CT molecular complexity index is 757. The Labute approximate surface area is 143 Å². The quantitative estimate of drug-likeness (QED) is 0.648. The Morgan fingerprint density at radius 1 is 1.39 bits per heavy atom. The zero-order valence-corrected chi connectivity index (χ0v) is 14.4. The standard InChI is InChI=1S/C18H17BrN2O2/c1-11-14(10-20)18(21,23-17(22)13-7-8-13)9-15(19)16(11)12-5-3-2-4-6-12/h2-6,13H,7-9,21H2,1H3. The number of hydrogen-bond acceptors (Lipinski definition) is 4. The number of ether oxygens (including phenoxy) is 1. The molecular formula is C18H17BrN2O2. The minimum absolute atomic E-state index is 0.0612. The fourth-order valence-corrected chi connectivity index (χ4v) is 3.82. The second-order valence-electron chi connectivity index (χ2n) is 6.02. The Hall–Kier alpha value is -1.90. The van der Waals surface area contributed by atoms with Gasteiger partial charge in [0.05, 0.1) is 11.5 Å². The molecule has 0 bridgehead atoms. The van der Waals surface area contributed by atoms with Crippen LogP contribution in [0.25, 0.3) is 5.57 Å². The summed E-state index contributed by atoms with van der Waals surface area (Å²) >= 11 is 3.57. The van der Waals surface area contributed by atoms with Crippen LogP contribution in [0, 0.1) is 17.2 Å². The van der Waals surface area contributed by atoms with Crippen LogP contribution in [0.2, 0.25) is 0 Å². The van der Waals surface area contributed by atoms with Gasteiger partial charge in [-0.25, -0.2) is 0 Å². The van der Waals surface area contributed by atoms with Crippen LogP contribution in [0.1, 0.15) is 31.7 Å². The van der Waals surface area contributed by atoms with E-state index in [-0.39, 0.29) is 18.3 Å². The smallest absolute Gasteiger partial charge is 0.310 e. The third-order valence-electron chi connectivity index (χ3n) is 4.23. The van der Waals surface area contributed by atoms with E-state index in [2.05, 4.69) is 22.0 Å². The summed E-state index contributed by atoms with van der Waals surface area (Å²) in [7, 11) is 0. The summed E-state index contributed by atoms with van der Waals surface area (Å²) in [6.45, 7) is 1.84. The second kappa shape index (κ2) is 5.95. The first kappa shape index (κ1) is 16.0. The van der Waals surface area contributed by atoms with E-state index in [9.17, 15) is 10.1 Å². The Balaban J connectivity index is 2.01. The van der Waals surface area contributed by atoms with E-state index in [1.54, 1.807) is 0 Å². The molecule has 1 aromatic rings.